The van der Waals surface area contributed by atoms with Crippen LogP contribution in [0.25, 0.3) is 11.0 Å². The molecule has 3 aromatic rings. The molecule has 1 aromatic carbocycles. The monoisotopic (exact) mass is 377 g/mol. The minimum atomic E-state index is -3.74. The molecule has 0 radical (unpaired) electrons. The molecular weight excluding hydrogens is 358 g/mol. The second kappa shape index (κ2) is 6.08. The Balaban J connectivity index is 1.67. The summed E-state index contributed by atoms with van der Waals surface area (Å²) >= 11 is 0. The topological polar surface area (TPSA) is 124 Å². The lowest BCUT2D eigenvalue weighted by molar-refractivity contribution is 0.223. The number of nitrogens with one attached hydrogen (secondary N) is 2. The molecule has 138 valence electrons. The largest absolute Gasteiger partial charge is 0.396 e. The molecule has 1 aliphatic rings. The van der Waals surface area contributed by atoms with Crippen molar-refractivity contribution in [2.24, 2.45) is 13.0 Å². The van der Waals surface area contributed by atoms with Crippen LogP contribution in [0, 0.1) is 5.92 Å². The van der Waals surface area contributed by atoms with Gasteiger partial charge in [0.15, 0.2) is 0 Å². The number of H-pyrrole nitrogens is 2. The third-order valence-electron chi connectivity index (χ3n) is 4.92. The fourth-order valence-electron chi connectivity index (χ4n) is 3.54. The zero-order valence-corrected chi connectivity index (χ0v) is 14.9. The Morgan fingerprint density at radius 1 is 1.27 bits per heavy atom. The van der Waals surface area contributed by atoms with Crippen LogP contribution in [0.15, 0.2) is 40.3 Å². The number of rotatable bonds is 4. The fraction of sp³-hybridized carbons (Fsp3) is 0.375. The van der Waals surface area contributed by atoms with E-state index in [0.29, 0.717) is 11.0 Å². The number of aliphatic hydroxyl groups excluding tert-OH is 1. The molecule has 1 saturated heterocycles. The van der Waals surface area contributed by atoms with Crippen LogP contribution < -0.4 is 5.69 Å². The van der Waals surface area contributed by atoms with Gasteiger partial charge in [0.1, 0.15) is 0 Å². The summed E-state index contributed by atoms with van der Waals surface area (Å²) in [6.07, 6.45) is 3.56. The van der Waals surface area contributed by atoms with Gasteiger partial charge in [-0.2, -0.15) is 9.40 Å². The summed E-state index contributed by atoms with van der Waals surface area (Å²) in [5.74, 6) is -0.302. The standard InChI is InChI=1S/C16H19N5O4S/c1-20-6-10(5-17-20)13-8-21(7-11(13)9-22)26(24,25)12-2-3-14-15(4-12)19-16(23)18-14/h2-6,11,13,22H,7-9H2,1H3,(H2,18,19,23)/t11-,13-/m0/s1. The third-order valence-corrected chi connectivity index (χ3v) is 6.75. The number of imidazole rings is 1. The predicted molar refractivity (Wildman–Crippen MR) is 94.2 cm³/mol. The SMILES string of the molecule is Cn1cc([C@@H]2CN(S(=O)(=O)c3ccc4[nH]c(=O)[nH]c4c3)C[C@H]2CO)cn1. The van der Waals surface area contributed by atoms with E-state index in [-0.39, 0.29) is 42.1 Å². The van der Waals surface area contributed by atoms with E-state index >= 15 is 0 Å². The Bertz CT molecular complexity index is 1110. The van der Waals surface area contributed by atoms with Gasteiger partial charge >= 0.3 is 5.69 Å². The second-order valence-electron chi connectivity index (χ2n) is 6.61. The van der Waals surface area contributed by atoms with Gasteiger partial charge in [0.05, 0.1) is 22.1 Å². The Kier molecular flexibility index (Phi) is 3.98. The van der Waals surface area contributed by atoms with Crippen LogP contribution in [0.3, 0.4) is 0 Å². The normalized spacial score (nSPS) is 21.6. The first-order valence-corrected chi connectivity index (χ1v) is 9.64. The first kappa shape index (κ1) is 17.0. The number of hydrogen-bond acceptors (Lipinski definition) is 5. The van der Waals surface area contributed by atoms with E-state index in [4.69, 9.17) is 0 Å². The molecule has 3 N–H and O–H groups in total. The molecule has 10 heteroatoms. The summed E-state index contributed by atoms with van der Waals surface area (Å²) in [4.78, 5) is 16.7. The molecule has 9 nitrogen and oxygen atoms in total. The number of benzene rings is 1. The van der Waals surface area contributed by atoms with Crippen molar-refractivity contribution in [3.8, 4) is 0 Å². The smallest absolute Gasteiger partial charge is 0.323 e. The maximum Gasteiger partial charge on any atom is 0.323 e. The average Bonchev–Trinajstić information content (AvgIpc) is 3.30. The minimum absolute atomic E-state index is 0.101. The van der Waals surface area contributed by atoms with Gasteiger partial charge in [-0.05, 0) is 23.8 Å². The van der Waals surface area contributed by atoms with Crippen LogP contribution in [-0.4, -0.2) is 57.3 Å². The van der Waals surface area contributed by atoms with Gasteiger partial charge < -0.3 is 15.1 Å². The molecule has 0 bridgehead atoms. The van der Waals surface area contributed by atoms with Gasteiger partial charge in [-0.25, -0.2) is 13.2 Å². The van der Waals surface area contributed by atoms with E-state index in [2.05, 4.69) is 15.1 Å². The highest BCUT2D eigenvalue weighted by atomic mass is 32.2. The number of aromatic amines is 2. The van der Waals surface area contributed by atoms with Crippen LogP contribution in [0.1, 0.15) is 11.5 Å². The molecule has 0 spiro atoms. The number of aromatic nitrogens is 4. The second-order valence-corrected chi connectivity index (χ2v) is 8.54. The van der Waals surface area contributed by atoms with Gasteiger partial charge in [-0.15, -0.1) is 0 Å². The van der Waals surface area contributed by atoms with E-state index in [9.17, 15) is 18.3 Å². The quantitative estimate of drug-likeness (QED) is 0.590. The van der Waals surface area contributed by atoms with E-state index in [1.807, 2.05) is 6.20 Å². The van der Waals surface area contributed by atoms with Gasteiger partial charge in [0, 0.05) is 44.8 Å². The van der Waals surface area contributed by atoms with E-state index < -0.39 is 10.0 Å². The molecule has 2 atom stereocenters. The number of fused-ring (bicyclic) bond motifs is 1. The molecule has 0 saturated carbocycles. The summed E-state index contributed by atoms with van der Waals surface area (Å²) in [6.45, 7) is 0.413. The molecule has 2 aromatic heterocycles. The van der Waals surface area contributed by atoms with Gasteiger partial charge in [-0.3, -0.25) is 4.68 Å². The van der Waals surface area contributed by atoms with E-state index in [1.165, 1.54) is 16.4 Å². The van der Waals surface area contributed by atoms with Gasteiger partial charge in [-0.1, -0.05) is 0 Å². The summed E-state index contributed by atoms with van der Waals surface area (Å²) in [5.41, 5.74) is 1.53. The molecular formula is C16H19N5O4S. The summed E-state index contributed by atoms with van der Waals surface area (Å²) in [6, 6.07) is 4.50. The van der Waals surface area contributed by atoms with Gasteiger partial charge in [0.25, 0.3) is 0 Å². The molecule has 0 amide bonds. The highest BCUT2D eigenvalue weighted by Gasteiger charge is 2.40. The van der Waals surface area contributed by atoms with Crippen molar-refractivity contribution in [1.29, 1.82) is 0 Å². The van der Waals surface area contributed by atoms with Crippen LogP contribution in [0.5, 0.6) is 0 Å². The Morgan fingerprint density at radius 2 is 2.04 bits per heavy atom. The molecule has 1 fully saturated rings. The first-order valence-electron chi connectivity index (χ1n) is 8.20. The van der Waals surface area contributed by atoms with Crippen molar-refractivity contribution in [3.05, 3.63) is 46.6 Å². The molecule has 26 heavy (non-hydrogen) atoms. The lowest BCUT2D eigenvalue weighted by Crippen LogP contribution is -2.29. The summed E-state index contributed by atoms with van der Waals surface area (Å²) in [7, 11) is -1.94. The first-order chi connectivity index (χ1) is 12.4. The van der Waals surface area contributed by atoms with Crippen molar-refractivity contribution >= 4 is 21.1 Å². The molecule has 1 aliphatic heterocycles. The van der Waals surface area contributed by atoms with Crippen LogP contribution in [0.4, 0.5) is 0 Å². The Morgan fingerprint density at radius 3 is 2.73 bits per heavy atom. The van der Waals surface area contributed by atoms with E-state index in [1.54, 1.807) is 24.0 Å². The fourth-order valence-corrected chi connectivity index (χ4v) is 5.09. The zero-order valence-electron chi connectivity index (χ0n) is 14.1. The lowest BCUT2D eigenvalue weighted by atomic mass is 9.92. The highest BCUT2D eigenvalue weighted by molar-refractivity contribution is 7.89. The van der Waals surface area contributed by atoms with Crippen molar-refractivity contribution in [2.75, 3.05) is 19.7 Å². The van der Waals surface area contributed by atoms with Crippen LogP contribution >= 0.6 is 0 Å². The molecule has 4 rings (SSSR count). The third kappa shape index (κ3) is 2.75. The van der Waals surface area contributed by atoms with Crippen LogP contribution in [0.2, 0.25) is 0 Å². The molecule has 0 unspecified atom stereocenters. The van der Waals surface area contributed by atoms with E-state index in [0.717, 1.165) is 5.56 Å². The molecule has 0 aliphatic carbocycles. The van der Waals surface area contributed by atoms with Crippen molar-refractivity contribution in [2.45, 2.75) is 10.8 Å². The summed E-state index contributed by atoms with van der Waals surface area (Å²) < 4.78 is 29.1. The minimum Gasteiger partial charge on any atom is -0.396 e. The average molecular weight is 377 g/mol. The van der Waals surface area contributed by atoms with Gasteiger partial charge in [0.2, 0.25) is 10.0 Å². The van der Waals surface area contributed by atoms with Crippen molar-refractivity contribution in [3.63, 3.8) is 0 Å². The number of nitrogens with zero attached hydrogens (tertiary/aromatic N) is 3. The Hall–Kier alpha value is -2.43. The number of aliphatic hydroxyl groups is 1. The van der Waals surface area contributed by atoms with Crippen molar-refractivity contribution < 1.29 is 13.5 Å². The number of aryl methyl sites for hydroxylation is 1. The highest BCUT2D eigenvalue weighted by Crippen LogP contribution is 2.35. The molecule has 3 heterocycles. The lowest BCUT2D eigenvalue weighted by Gasteiger charge is -2.16. The maximum atomic E-state index is 13.0. The number of hydrogen-bond donors (Lipinski definition) is 3. The zero-order chi connectivity index (χ0) is 18.5. The Labute approximate surface area is 149 Å². The number of sulfonamides is 1. The maximum absolute atomic E-state index is 13.0. The predicted octanol–water partition coefficient (Wildman–Crippen LogP) is -0.0137. The summed E-state index contributed by atoms with van der Waals surface area (Å²) in [5, 5.41) is 13.9. The van der Waals surface area contributed by atoms with Crippen molar-refractivity contribution in [1.82, 2.24) is 24.1 Å². The van der Waals surface area contributed by atoms with Crippen LogP contribution in [-0.2, 0) is 17.1 Å².